The lowest BCUT2D eigenvalue weighted by atomic mass is 10.1. The minimum atomic E-state index is -4.23. The van der Waals surface area contributed by atoms with Crippen LogP contribution in [-0.2, 0) is 4.79 Å². The van der Waals surface area contributed by atoms with Crippen molar-refractivity contribution in [3.63, 3.8) is 0 Å². The van der Waals surface area contributed by atoms with Crippen molar-refractivity contribution in [2.45, 2.75) is 45.8 Å². The molecule has 0 aliphatic heterocycles. The molecule has 0 saturated carbocycles. The van der Waals surface area contributed by atoms with E-state index in [-0.39, 0.29) is 30.5 Å². The number of halogens is 3. The van der Waals surface area contributed by atoms with Crippen LogP contribution in [0.2, 0.25) is 0 Å². The fourth-order valence-corrected chi connectivity index (χ4v) is 1.51. The van der Waals surface area contributed by atoms with E-state index in [1.165, 1.54) is 4.90 Å². The molecule has 1 amide bonds. The van der Waals surface area contributed by atoms with Gasteiger partial charge in [-0.3, -0.25) is 9.79 Å². The molecule has 0 radical (unpaired) electrons. The standard InChI is InChI=1S/C13H25F3N4O/c1-6-17-11(18-8-7-13(14,15)16)20(5)9-10(21)19-12(2,3)4/h6-9H2,1-5H3,(H,17,18)(H,19,21). The number of likely N-dealkylation sites (N-methyl/N-ethyl adjacent to an activating group) is 1. The van der Waals surface area contributed by atoms with Gasteiger partial charge in [-0.05, 0) is 27.7 Å². The van der Waals surface area contributed by atoms with Crippen LogP contribution in [0.3, 0.4) is 0 Å². The van der Waals surface area contributed by atoms with E-state index < -0.39 is 12.6 Å². The quantitative estimate of drug-likeness (QED) is 0.601. The smallest absolute Gasteiger partial charge is 0.357 e. The second-order valence-corrected chi connectivity index (χ2v) is 5.76. The van der Waals surface area contributed by atoms with Gasteiger partial charge in [0, 0.05) is 19.1 Å². The van der Waals surface area contributed by atoms with Gasteiger partial charge in [0.15, 0.2) is 5.96 Å². The van der Waals surface area contributed by atoms with Crippen molar-refractivity contribution in [1.82, 2.24) is 15.5 Å². The highest BCUT2D eigenvalue weighted by Crippen LogP contribution is 2.18. The van der Waals surface area contributed by atoms with Crippen LogP contribution >= 0.6 is 0 Å². The molecule has 21 heavy (non-hydrogen) atoms. The maximum atomic E-state index is 12.1. The van der Waals surface area contributed by atoms with Crippen LogP contribution in [0, 0.1) is 0 Å². The third kappa shape index (κ3) is 10.9. The zero-order valence-corrected chi connectivity index (χ0v) is 13.3. The van der Waals surface area contributed by atoms with Gasteiger partial charge in [-0.1, -0.05) is 0 Å². The number of nitrogens with one attached hydrogen (secondary N) is 2. The number of hydrogen-bond acceptors (Lipinski definition) is 2. The maximum Gasteiger partial charge on any atom is 0.390 e. The van der Waals surface area contributed by atoms with E-state index in [2.05, 4.69) is 15.6 Å². The molecule has 2 N–H and O–H groups in total. The van der Waals surface area contributed by atoms with Crippen molar-refractivity contribution in [3.8, 4) is 0 Å². The molecule has 0 bridgehead atoms. The SMILES string of the molecule is CCNC(=NCCC(F)(F)F)N(C)CC(=O)NC(C)(C)C. The van der Waals surface area contributed by atoms with Gasteiger partial charge in [0.25, 0.3) is 0 Å². The summed E-state index contributed by atoms with van der Waals surface area (Å²) in [6.07, 6.45) is -5.22. The van der Waals surface area contributed by atoms with Crippen LogP contribution in [0.4, 0.5) is 13.2 Å². The van der Waals surface area contributed by atoms with E-state index in [1.54, 1.807) is 7.05 Å². The highest BCUT2D eigenvalue weighted by atomic mass is 19.4. The summed E-state index contributed by atoms with van der Waals surface area (Å²) in [5.74, 6) is 0.0669. The van der Waals surface area contributed by atoms with Crippen LogP contribution in [0.15, 0.2) is 4.99 Å². The largest absolute Gasteiger partial charge is 0.390 e. The molecule has 0 heterocycles. The summed E-state index contributed by atoms with van der Waals surface area (Å²) in [7, 11) is 1.61. The van der Waals surface area contributed by atoms with Gasteiger partial charge >= 0.3 is 6.18 Å². The second kappa shape index (κ2) is 8.09. The molecule has 8 heteroatoms. The van der Waals surface area contributed by atoms with E-state index in [0.717, 1.165) is 0 Å². The van der Waals surface area contributed by atoms with Gasteiger partial charge in [0.05, 0.1) is 19.5 Å². The highest BCUT2D eigenvalue weighted by molar-refractivity contribution is 5.86. The number of amides is 1. The van der Waals surface area contributed by atoms with Crippen molar-refractivity contribution < 1.29 is 18.0 Å². The minimum Gasteiger partial charge on any atom is -0.357 e. The van der Waals surface area contributed by atoms with E-state index in [1.807, 2.05) is 27.7 Å². The van der Waals surface area contributed by atoms with E-state index in [9.17, 15) is 18.0 Å². The third-order valence-electron chi connectivity index (χ3n) is 2.25. The first kappa shape index (κ1) is 19.5. The third-order valence-corrected chi connectivity index (χ3v) is 2.25. The van der Waals surface area contributed by atoms with Crippen LogP contribution in [0.25, 0.3) is 0 Å². The Morgan fingerprint density at radius 3 is 2.24 bits per heavy atom. The van der Waals surface area contributed by atoms with Crippen LogP contribution in [-0.4, -0.2) is 55.2 Å². The van der Waals surface area contributed by atoms with Crippen LogP contribution < -0.4 is 10.6 Å². The molecule has 0 aromatic carbocycles. The summed E-state index contributed by atoms with van der Waals surface area (Å²) in [4.78, 5) is 17.2. The molecule has 0 aliphatic carbocycles. The Balaban J connectivity index is 4.57. The molecule has 0 saturated heterocycles. The molecule has 0 atom stereocenters. The first-order valence-corrected chi connectivity index (χ1v) is 6.82. The fraction of sp³-hybridized carbons (Fsp3) is 0.846. The molecular weight excluding hydrogens is 285 g/mol. The molecule has 5 nitrogen and oxygen atoms in total. The topological polar surface area (TPSA) is 56.7 Å². The summed E-state index contributed by atoms with van der Waals surface area (Å²) >= 11 is 0. The summed E-state index contributed by atoms with van der Waals surface area (Å²) in [6.45, 7) is 7.54. The molecule has 0 rings (SSSR count). The van der Waals surface area contributed by atoms with Crippen molar-refractivity contribution in [2.24, 2.45) is 4.99 Å². The fourth-order valence-electron chi connectivity index (χ4n) is 1.51. The van der Waals surface area contributed by atoms with Gasteiger partial charge in [-0.15, -0.1) is 0 Å². The average Bonchev–Trinajstić information content (AvgIpc) is 2.23. The number of rotatable bonds is 5. The average molecular weight is 310 g/mol. The Labute approximate surface area is 124 Å². The Kier molecular flexibility index (Phi) is 7.52. The predicted molar refractivity (Wildman–Crippen MR) is 77.2 cm³/mol. The molecule has 0 spiro atoms. The van der Waals surface area contributed by atoms with Crippen LogP contribution in [0.5, 0.6) is 0 Å². The molecule has 0 aromatic heterocycles. The number of hydrogen-bond donors (Lipinski definition) is 2. The van der Waals surface area contributed by atoms with Crippen molar-refractivity contribution in [3.05, 3.63) is 0 Å². The van der Waals surface area contributed by atoms with Crippen molar-refractivity contribution in [2.75, 3.05) is 26.7 Å². The number of carbonyl (C=O) groups excluding carboxylic acids is 1. The molecule has 0 fully saturated rings. The molecule has 0 aromatic rings. The second-order valence-electron chi connectivity index (χ2n) is 5.76. The predicted octanol–water partition coefficient (Wildman–Crippen LogP) is 1.75. The summed E-state index contributed by atoms with van der Waals surface area (Å²) in [5, 5.41) is 5.65. The summed E-state index contributed by atoms with van der Waals surface area (Å²) in [5.41, 5.74) is -0.357. The lowest BCUT2D eigenvalue weighted by Crippen LogP contribution is -2.48. The number of aliphatic imine (C=N–C) groups is 1. The van der Waals surface area contributed by atoms with Gasteiger partial charge in [-0.2, -0.15) is 13.2 Å². The lowest BCUT2D eigenvalue weighted by Gasteiger charge is -2.25. The van der Waals surface area contributed by atoms with Gasteiger partial charge in [0.1, 0.15) is 0 Å². The van der Waals surface area contributed by atoms with Gasteiger partial charge in [-0.25, -0.2) is 0 Å². The minimum absolute atomic E-state index is 0.0229. The first-order chi connectivity index (χ1) is 9.44. The van der Waals surface area contributed by atoms with Crippen LogP contribution in [0.1, 0.15) is 34.1 Å². The molecule has 124 valence electrons. The maximum absolute atomic E-state index is 12.1. The summed E-state index contributed by atoms with van der Waals surface area (Å²) < 4.78 is 36.4. The Morgan fingerprint density at radius 1 is 1.24 bits per heavy atom. The lowest BCUT2D eigenvalue weighted by molar-refractivity contribution is -0.132. The van der Waals surface area contributed by atoms with E-state index >= 15 is 0 Å². The zero-order valence-electron chi connectivity index (χ0n) is 13.3. The van der Waals surface area contributed by atoms with Crippen molar-refractivity contribution >= 4 is 11.9 Å². The first-order valence-electron chi connectivity index (χ1n) is 6.82. The monoisotopic (exact) mass is 310 g/mol. The number of alkyl halides is 3. The normalized spacial score (nSPS) is 13.0. The molecular formula is C13H25F3N4O. The number of guanidine groups is 1. The Morgan fingerprint density at radius 2 is 1.81 bits per heavy atom. The summed E-state index contributed by atoms with van der Waals surface area (Å²) in [6, 6.07) is 0. The molecule has 0 aliphatic rings. The molecule has 0 unspecified atom stereocenters. The van der Waals surface area contributed by atoms with Gasteiger partial charge < -0.3 is 15.5 Å². The van der Waals surface area contributed by atoms with Crippen molar-refractivity contribution in [1.29, 1.82) is 0 Å². The number of carbonyl (C=O) groups is 1. The van der Waals surface area contributed by atoms with E-state index in [4.69, 9.17) is 0 Å². The number of nitrogens with zero attached hydrogens (tertiary/aromatic N) is 2. The zero-order chi connectivity index (χ0) is 16.7. The highest BCUT2D eigenvalue weighted by Gasteiger charge is 2.26. The van der Waals surface area contributed by atoms with E-state index in [0.29, 0.717) is 6.54 Å². The Bertz CT molecular complexity index is 361. The Hall–Kier alpha value is -1.47. The van der Waals surface area contributed by atoms with Gasteiger partial charge in [0.2, 0.25) is 5.91 Å².